The molecule has 0 spiro atoms. The molecular weight excluding hydrogens is 254 g/mol. The lowest BCUT2D eigenvalue weighted by molar-refractivity contribution is 0.284. The van der Waals surface area contributed by atoms with Crippen molar-refractivity contribution in [2.45, 2.75) is 52.9 Å². The fraction of sp³-hybridized carbons (Fsp3) is 0.500. The van der Waals surface area contributed by atoms with Gasteiger partial charge in [-0.05, 0) is 52.1 Å². The number of benzene rings is 2. The second-order valence-corrected chi connectivity index (χ2v) is 8.06. The summed E-state index contributed by atoms with van der Waals surface area (Å²) in [5, 5.41) is 2.64. The van der Waals surface area contributed by atoms with E-state index < -0.39 is 0 Å². The minimum absolute atomic E-state index is 0.197. The fourth-order valence-corrected chi connectivity index (χ4v) is 3.47. The zero-order chi connectivity index (χ0) is 15.7. The molecule has 0 aliphatic heterocycles. The zero-order valence-corrected chi connectivity index (χ0v) is 14.2. The second kappa shape index (κ2) is 5.81. The van der Waals surface area contributed by atoms with Crippen LogP contribution >= 0.6 is 0 Å². The highest BCUT2D eigenvalue weighted by molar-refractivity contribution is 5.84. The molecule has 0 atom stereocenters. The highest BCUT2D eigenvalue weighted by Gasteiger charge is 2.27. The molecule has 0 heterocycles. The zero-order valence-electron chi connectivity index (χ0n) is 14.2. The lowest BCUT2D eigenvalue weighted by atomic mass is 9.72. The highest BCUT2D eigenvalue weighted by Crippen LogP contribution is 2.37. The molecule has 0 aromatic heterocycles. The first-order valence-corrected chi connectivity index (χ1v) is 7.94. The molecule has 2 N–H and O–H groups in total. The summed E-state index contributed by atoms with van der Waals surface area (Å²) < 4.78 is 0. The van der Waals surface area contributed by atoms with E-state index in [9.17, 15) is 0 Å². The molecule has 2 rings (SSSR count). The van der Waals surface area contributed by atoms with Crippen LogP contribution in [-0.2, 0) is 11.8 Å². The van der Waals surface area contributed by atoms with Gasteiger partial charge < -0.3 is 5.73 Å². The Morgan fingerprint density at radius 3 is 2.10 bits per heavy atom. The maximum atomic E-state index is 5.64. The van der Waals surface area contributed by atoms with Gasteiger partial charge in [-0.15, -0.1) is 0 Å². The average molecular weight is 283 g/mol. The highest BCUT2D eigenvalue weighted by atomic mass is 14.5. The standard InChI is InChI=1S/C20H29N/c1-19(2,3)14-20(4,5)18-9-8-16-12-15(10-11-21)6-7-17(16)13-18/h6-9,12-13H,10-11,14,21H2,1-5H3. The van der Waals surface area contributed by atoms with Crippen molar-refractivity contribution in [1.29, 1.82) is 0 Å². The quantitative estimate of drug-likeness (QED) is 0.834. The maximum absolute atomic E-state index is 5.64. The Kier molecular flexibility index (Phi) is 4.43. The van der Waals surface area contributed by atoms with E-state index in [4.69, 9.17) is 5.73 Å². The molecule has 0 aliphatic rings. The summed E-state index contributed by atoms with van der Waals surface area (Å²) in [5.41, 5.74) is 8.93. The number of nitrogens with two attached hydrogens (primary N) is 1. The van der Waals surface area contributed by atoms with E-state index in [1.165, 1.54) is 28.3 Å². The Morgan fingerprint density at radius 1 is 0.857 bits per heavy atom. The summed E-state index contributed by atoms with van der Waals surface area (Å²) in [7, 11) is 0. The van der Waals surface area contributed by atoms with Crippen LogP contribution in [0.5, 0.6) is 0 Å². The van der Waals surface area contributed by atoms with Crippen molar-refractivity contribution in [3.8, 4) is 0 Å². The molecule has 0 fully saturated rings. The molecule has 114 valence electrons. The van der Waals surface area contributed by atoms with Crippen LogP contribution in [0, 0.1) is 5.41 Å². The van der Waals surface area contributed by atoms with Crippen molar-refractivity contribution < 1.29 is 0 Å². The van der Waals surface area contributed by atoms with Crippen molar-refractivity contribution in [2.75, 3.05) is 6.54 Å². The van der Waals surface area contributed by atoms with Crippen LogP contribution in [0.25, 0.3) is 10.8 Å². The minimum atomic E-state index is 0.197. The van der Waals surface area contributed by atoms with Crippen LogP contribution in [-0.4, -0.2) is 6.54 Å². The SMILES string of the molecule is CC(C)(C)CC(C)(C)c1ccc2cc(CCN)ccc2c1. The Bertz CT molecular complexity index is 617. The summed E-state index contributed by atoms with van der Waals surface area (Å²) >= 11 is 0. The Labute approximate surface area is 129 Å². The van der Waals surface area contributed by atoms with E-state index in [1.807, 2.05) is 0 Å². The largest absolute Gasteiger partial charge is 0.330 e. The number of hydrogen-bond acceptors (Lipinski definition) is 1. The monoisotopic (exact) mass is 283 g/mol. The van der Waals surface area contributed by atoms with Gasteiger partial charge in [0.2, 0.25) is 0 Å². The van der Waals surface area contributed by atoms with E-state index in [0.29, 0.717) is 12.0 Å². The number of fused-ring (bicyclic) bond motifs is 1. The van der Waals surface area contributed by atoms with Crippen LogP contribution in [0.15, 0.2) is 36.4 Å². The van der Waals surface area contributed by atoms with Gasteiger partial charge in [-0.2, -0.15) is 0 Å². The van der Waals surface area contributed by atoms with Crippen molar-refractivity contribution in [2.24, 2.45) is 11.1 Å². The minimum Gasteiger partial charge on any atom is -0.330 e. The summed E-state index contributed by atoms with van der Waals surface area (Å²) in [4.78, 5) is 0. The molecule has 0 saturated carbocycles. The van der Waals surface area contributed by atoms with E-state index in [-0.39, 0.29) is 5.41 Å². The first-order chi connectivity index (χ1) is 9.71. The third-order valence-electron chi connectivity index (χ3n) is 4.09. The summed E-state index contributed by atoms with van der Waals surface area (Å²) in [5.74, 6) is 0. The fourth-order valence-electron chi connectivity index (χ4n) is 3.47. The Balaban J connectivity index is 2.36. The molecule has 0 amide bonds. The van der Waals surface area contributed by atoms with Crippen molar-refractivity contribution in [3.05, 3.63) is 47.5 Å². The molecule has 0 aliphatic carbocycles. The summed E-state index contributed by atoms with van der Waals surface area (Å²) in [6.45, 7) is 12.4. The topological polar surface area (TPSA) is 26.0 Å². The van der Waals surface area contributed by atoms with Gasteiger partial charge in [0.15, 0.2) is 0 Å². The Morgan fingerprint density at radius 2 is 1.48 bits per heavy atom. The molecule has 1 heteroatoms. The molecule has 0 unspecified atom stereocenters. The van der Waals surface area contributed by atoms with Gasteiger partial charge in [-0.3, -0.25) is 0 Å². The smallest absolute Gasteiger partial charge is 0.00367 e. The lowest BCUT2D eigenvalue weighted by Gasteiger charge is -2.33. The van der Waals surface area contributed by atoms with Crippen molar-refractivity contribution >= 4 is 10.8 Å². The van der Waals surface area contributed by atoms with Gasteiger partial charge in [0.1, 0.15) is 0 Å². The lowest BCUT2D eigenvalue weighted by Crippen LogP contribution is -2.24. The van der Waals surface area contributed by atoms with Gasteiger partial charge in [-0.1, -0.05) is 71.0 Å². The van der Waals surface area contributed by atoms with Gasteiger partial charge in [-0.25, -0.2) is 0 Å². The molecule has 2 aromatic carbocycles. The third kappa shape index (κ3) is 4.07. The summed E-state index contributed by atoms with van der Waals surface area (Å²) in [6, 6.07) is 13.6. The van der Waals surface area contributed by atoms with Crippen LogP contribution < -0.4 is 5.73 Å². The van der Waals surface area contributed by atoms with Crippen LogP contribution in [0.1, 0.15) is 52.2 Å². The number of hydrogen-bond donors (Lipinski definition) is 1. The van der Waals surface area contributed by atoms with E-state index >= 15 is 0 Å². The molecule has 0 saturated heterocycles. The van der Waals surface area contributed by atoms with E-state index in [1.54, 1.807) is 0 Å². The van der Waals surface area contributed by atoms with Gasteiger partial charge in [0, 0.05) is 0 Å². The van der Waals surface area contributed by atoms with Crippen molar-refractivity contribution in [1.82, 2.24) is 0 Å². The van der Waals surface area contributed by atoms with Crippen LogP contribution in [0.4, 0.5) is 0 Å². The molecule has 1 nitrogen and oxygen atoms in total. The maximum Gasteiger partial charge on any atom is -0.00367 e. The first-order valence-electron chi connectivity index (χ1n) is 7.94. The Hall–Kier alpha value is -1.34. The first kappa shape index (κ1) is 16.0. The molecule has 21 heavy (non-hydrogen) atoms. The second-order valence-electron chi connectivity index (χ2n) is 8.06. The van der Waals surface area contributed by atoms with Crippen molar-refractivity contribution in [3.63, 3.8) is 0 Å². The van der Waals surface area contributed by atoms with Crippen LogP contribution in [0.2, 0.25) is 0 Å². The third-order valence-corrected chi connectivity index (χ3v) is 4.09. The summed E-state index contributed by atoms with van der Waals surface area (Å²) in [6.07, 6.45) is 2.13. The molecule has 2 aromatic rings. The molecular formula is C20H29N. The average Bonchev–Trinajstić information content (AvgIpc) is 2.35. The normalized spacial score (nSPS) is 12.9. The molecule has 0 bridgehead atoms. The van der Waals surface area contributed by atoms with E-state index in [2.05, 4.69) is 71.0 Å². The number of rotatable bonds is 4. The predicted molar refractivity (Wildman–Crippen MR) is 93.8 cm³/mol. The van der Waals surface area contributed by atoms with E-state index in [0.717, 1.165) is 6.42 Å². The molecule has 0 radical (unpaired) electrons. The van der Waals surface area contributed by atoms with Gasteiger partial charge in [0.05, 0.1) is 0 Å². The predicted octanol–water partition coefficient (Wildman–Crippen LogP) is 5.05. The van der Waals surface area contributed by atoms with Gasteiger partial charge in [0.25, 0.3) is 0 Å². The van der Waals surface area contributed by atoms with Gasteiger partial charge >= 0.3 is 0 Å². The van der Waals surface area contributed by atoms with Crippen LogP contribution in [0.3, 0.4) is 0 Å².